The number of aromatic nitrogens is 2. The summed E-state index contributed by atoms with van der Waals surface area (Å²) in [6.45, 7) is 3.22. The fourth-order valence-corrected chi connectivity index (χ4v) is 4.32. The highest BCUT2D eigenvalue weighted by atomic mass is 16.5. The van der Waals surface area contributed by atoms with Crippen LogP contribution in [-0.4, -0.2) is 17.4 Å². The molecule has 0 unspecified atom stereocenters. The largest absolute Gasteiger partial charge is 0.443 e. The third-order valence-corrected chi connectivity index (χ3v) is 6.46. The summed E-state index contributed by atoms with van der Waals surface area (Å²) in [7, 11) is 0. The zero-order valence-corrected chi connectivity index (χ0v) is 21.6. The number of hydrogen-bond donors (Lipinski definition) is 0. The number of unbranched alkanes of at least 4 members (excludes halogenated alkanes) is 15. The lowest BCUT2D eigenvalue weighted by atomic mass is 10.0. The van der Waals surface area contributed by atoms with Crippen molar-refractivity contribution in [2.24, 2.45) is 0 Å². The molecule has 1 aromatic carbocycles. The third-order valence-electron chi connectivity index (χ3n) is 6.46. The Kier molecular flexibility index (Phi) is 15.7. The molecule has 188 valence electrons. The maximum Gasteiger partial charge on any atom is 0.387 e. The molecule has 0 radical (unpaired) electrons. The highest BCUT2D eigenvalue weighted by Gasteiger charge is 2.17. The normalized spacial score (nSPS) is 11.0. The molecule has 0 N–H and O–H groups in total. The second-order valence-corrected chi connectivity index (χ2v) is 9.48. The summed E-state index contributed by atoms with van der Waals surface area (Å²) in [6.07, 6.45) is 27.0. The van der Waals surface area contributed by atoms with Crippen LogP contribution in [0.15, 0.2) is 48.9 Å². The van der Waals surface area contributed by atoms with E-state index >= 15 is 0 Å². The quantitative estimate of drug-likeness (QED) is 0.106. The molecule has 1 heterocycles. The number of carbonyl (C=O) groups is 1. The van der Waals surface area contributed by atoms with Crippen molar-refractivity contribution >= 4 is 5.78 Å². The molecule has 0 saturated carbocycles. The summed E-state index contributed by atoms with van der Waals surface area (Å²) in [6, 6.07) is 9.39. The molecule has 0 spiro atoms. The molecular weight excluding hydrogens is 420 g/mol. The number of carbonyl (C=O) groups excluding carboxylic acids is 1. The lowest BCUT2D eigenvalue weighted by Gasteiger charge is -2.06. The first-order valence-electron chi connectivity index (χ1n) is 13.9. The first-order valence-corrected chi connectivity index (χ1v) is 13.9. The Morgan fingerprint density at radius 2 is 1.29 bits per heavy atom. The number of nitrogens with zero attached hydrogens (tertiary/aromatic N) is 2. The summed E-state index contributed by atoms with van der Waals surface area (Å²) < 4.78 is 7.78. The smallest absolute Gasteiger partial charge is 0.387 e. The monoisotopic (exact) mass is 467 g/mol. The van der Waals surface area contributed by atoms with E-state index in [0.29, 0.717) is 12.5 Å². The molecule has 0 bridgehead atoms. The van der Waals surface area contributed by atoms with Crippen LogP contribution in [-0.2, 0) is 6.54 Å². The van der Waals surface area contributed by atoms with Crippen molar-refractivity contribution in [1.82, 2.24) is 4.98 Å². The zero-order chi connectivity index (χ0) is 24.1. The minimum absolute atomic E-state index is 0.0732. The van der Waals surface area contributed by atoms with E-state index < -0.39 is 0 Å². The van der Waals surface area contributed by atoms with Crippen molar-refractivity contribution in [3.63, 3.8) is 0 Å². The highest BCUT2D eigenvalue weighted by molar-refractivity contribution is 5.94. The van der Waals surface area contributed by atoms with Crippen LogP contribution in [0, 0.1) is 0 Å². The van der Waals surface area contributed by atoms with Crippen LogP contribution in [0.1, 0.15) is 120 Å². The van der Waals surface area contributed by atoms with Crippen molar-refractivity contribution in [2.45, 2.75) is 116 Å². The second-order valence-electron chi connectivity index (χ2n) is 9.48. The van der Waals surface area contributed by atoms with Crippen LogP contribution in [0.5, 0.6) is 5.88 Å². The van der Waals surface area contributed by atoms with E-state index in [0.717, 1.165) is 12.0 Å². The zero-order valence-electron chi connectivity index (χ0n) is 21.6. The summed E-state index contributed by atoms with van der Waals surface area (Å²) in [4.78, 5) is 16.7. The summed E-state index contributed by atoms with van der Waals surface area (Å²) in [5.74, 6) is 0.733. The fourth-order valence-electron chi connectivity index (χ4n) is 4.32. The Hall–Kier alpha value is -2.23. The van der Waals surface area contributed by atoms with E-state index in [1.165, 1.54) is 96.3 Å². The number of hydrogen-bond acceptors (Lipinski definition) is 3. The molecule has 0 aliphatic rings. The lowest BCUT2D eigenvalue weighted by Crippen LogP contribution is -2.39. The summed E-state index contributed by atoms with van der Waals surface area (Å²) >= 11 is 0. The van der Waals surface area contributed by atoms with Gasteiger partial charge in [0.25, 0.3) is 0 Å². The van der Waals surface area contributed by atoms with Crippen molar-refractivity contribution < 1.29 is 14.1 Å². The van der Waals surface area contributed by atoms with Gasteiger partial charge in [0.05, 0.1) is 12.8 Å². The van der Waals surface area contributed by atoms with Gasteiger partial charge in [0, 0.05) is 5.56 Å². The van der Waals surface area contributed by atoms with Crippen LogP contribution in [0.3, 0.4) is 0 Å². The van der Waals surface area contributed by atoms with Gasteiger partial charge < -0.3 is 4.74 Å². The van der Waals surface area contributed by atoms with Crippen LogP contribution in [0.4, 0.5) is 0 Å². The van der Waals surface area contributed by atoms with Gasteiger partial charge in [-0.3, -0.25) is 4.79 Å². The predicted molar refractivity (Wildman–Crippen MR) is 140 cm³/mol. The second kappa shape index (κ2) is 19.1. The molecule has 0 aliphatic carbocycles. The maximum absolute atomic E-state index is 12.5. The first kappa shape index (κ1) is 28.0. The van der Waals surface area contributed by atoms with Crippen LogP contribution < -0.4 is 9.30 Å². The summed E-state index contributed by atoms with van der Waals surface area (Å²) in [5.41, 5.74) is 0.718. The molecule has 34 heavy (non-hydrogen) atoms. The molecular formula is C30H47N2O2+. The van der Waals surface area contributed by atoms with Crippen molar-refractivity contribution in [3.05, 3.63) is 54.5 Å². The lowest BCUT2D eigenvalue weighted by molar-refractivity contribution is -0.689. The van der Waals surface area contributed by atoms with E-state index in [1.54, 1.807) is 12.4 Å². The average molecular weight is 468 g/mol. The van der Waals surface area contributed by atoms with Crippen LogP contribution in [0.25, 0.3) is 0 Å². The SMILES string of the molecule is CCCCCCCCCCCCCCCCCCOc1cncc[n+]1CC(=O)c1ccccc1. The molecule has 2 aromatic rings. The van der Waals surface area contributed by atoms with E-state index in [2.05, 4.69) is 11.9 Å². The molecule has 0 aliphatic heterocycles. The van der Waals surface area contributed by atoms with E-state index in [4.69, 9.17) is 4.74 Å². The molecule has 0 saturated heterocycles. The van der Waals surface area contributed by atoms with E-state index in [-0.39, 0.29) is 12.3 Å². The Morgan fingerprint density at radius 1 is 0.765 bits per heavy atom. The summed E-state index contributed by atoms with van der Waals surface area (Å²) in [5, 5.41) is 0. The molecule has 0 amide bonds. The molecule has 1 aromatic heterocycles. The predicted octanol–water partition coefficient (Wildman–Crippen LogP) is 7.89. The topological polar surface area (TPSA) is 43.1 Å². The van der Waals surface area contributed by atoms with Gasteiger partial charge in [0.1, 0.15) is 6.20 Å². The first-order chi connectivity index (χ1) is 16.8. The molecule has 4 heteroatoms. The number of benzene rings is 1. The number of ketones is 1. The number of ether oxygens (including phenoxy) is 1. The van der Waals surface area contributed by atoms with Gasteiger partial charge in [0.15, 0.2) is 6.20 Å². The molecule has 2 rings (SSSR count). The Labute approximate surface area is 208 Å². The highest BCUT2D eigenvalue weighted by Crippen LogP contribution is 2.14. The minimum Gasteiger partial charge on any atom is -0.443 e. The Balaban J connectivity index is 1.44. The molecule has 0 atom stereocenters. The van der Waals surface area contributed by atoms with Gasteiger partial charge in [-0.05, 0) is 6.42 Å². The fraction of sp³-hybridized carbons (Fsp3) is 0.633. The van der Waals surface area contributed by atoms with Crippen LogP contribution in [0.2, 0.25) is 0 Å². The van der Waals surface area contributed by atoms with Crippen molar-refractivity contribution in [3.8, 4) is 5.88 Å². The van der Waals surface area contributed by atoms with Crippen molar-refractivity contribution in [2.75, 3.05) is 6.61 Å². The van der Waals surface area contributed by atoms with Crippen molar-refractivity contribution in [1.29, 1.82) is 0 Å². The molecule has 4 nitrogen and oxygen atoms in total. The van der Waals surface area contributed by atoms with Gasteiger partial charge in [0.2, 0.25) is 12.3 Å². The van der Waals surface area contributed by atoms with Gasteiger partial charge in [-0.25, -0.2) is 4.98 Å². The average Bonchev–Trinajstić information content (AvgIpc) is 2.87. The van der Waals surface area contributed by atoms with E-state index in [1.807, 2.05) is 41.1 Å². The van der Waals surface area contributed by atoms with Gasteiger partial charge in [-0.15, -0.1) is 0 Å². The Bertz CT molecular complexity index is 763. The third kappa shape index (κ3) is 12.9. The minimum atomic E-state index is 0.0732. The number of Topliss-reactive ketones (excluding diaryl/α,β-unsaturated/α-hetero) is 1. The van der Waals surface area contributed by atoms with Gasteiger partial charge in [-0.1, -0.05) is 134 Å². The maximum atomic E-state index is 12.5. The standard InChI is InChI=1S/C30H47N2O2/c1-2-3-4-5-6-7-8-9-10-11-12-13-14-15-16-20-25-34-30-26-31-23-24-32(30)27-29(33)28-21-18-17-19-22-28/h17-19,21-24,26H,2-16,20,25,27H2,1H3/q+1. The van der Waals surface area contributed by atoms with Crippen LogP contribution >= 0.6 is 0 Å². The van der Waals surface area contributed by atoms with E-state index in [9.17, 15) is 4.79 Å². The molecule has 0 fully saturated rings. The Morgan fingerprint density at radius 3 is 1.85 bits per heavy atom. The van der Waals surface area contributed by atoms with Gasteiger partial charge in [-0.2, -0.15) is 4.57 Å². The van der Waals surface area contributed by atoms with Gasteiger partial charge >= 0.3 is 5.88 Å². The number of rotatable bonds is 21.